The number of benzene rings is 2. The second-order valence-electron chi connectivity index (χ2n) is 4.11. The van der Waals surface area contributed by atoms with Crippen LogP contribution in [0.5, 0.6) is 0 Å². The first kappa shape index (κ1) is 11.9. The normalized spacial score (nSPS) is 10.6. The van der Waals surface area contributed by atoms with Crippen molar-refractivity contribution in [1.29, 1.82) is 0 Å². The van der Waals surface area contributed by atoms with Gasteiger partial charge in [0.05, 0.1) is 11.9 Å². The minimum atomic E-state index is -0.392. The first-order valence-corrected chi connectivity index (χ1v) is 6.26. The van der Waals surface area contributed by atoms with Crippen molar-refractivity contribution in [3.05, 3.63) is 71.3 Å². The van der Waals surface area contributed by atoms with Crippen molar-refractivity contribution in [2.24, 2.45) is 0 Å². The van der Waals surface area contributed by atoms with E-state index in [-0.39, 0.29) is 0 Å². The molecule has 1 aromatic heterocycles. The van der Waals surface area contributed by atoms with Gasteiger partial charge in [0.25, 0.3) is 0 Å². The van der Waals surface area contributed by atoms with E-state index in [1.807, 2.05) is 54.6 Å². The van der Waals surface area contributed by atoms with Crippen molar-refractivity contribution >= 4 is 12.6 Å². The van der Waals surface area contributed by atoms with E-state index in [2.05, 4.69) is 12.6 Å². The summed E-state index contributed by atoms with van der Waals surface area (Å²) in [6.07, 6.45) is 1.70. The second kappa shape index (κ2) is 4.82. The van der Waals surface area contributed by atoms with Crippen molar-refractivity contribution in [3.8, 4) is 17.0 Å². The number of para-hydroxylation sites is 1. The molecule has 0 aliphatic rings. The summed E-state index contributed by atoms with van der Waals surface area (Å²) in [7, 11) is 0. The maximum absolute atomic E-state index is 11.9. The minimum absolute atomic E-state index is 0.392. The fourth-order valence-corrected chi connectivity index (χ4v) is 2.02. The molecule has 94 valence electrons. The molecule has 0 bridgehead atoms. The Morgan fingerprint density at radius 3 is 2.32 bits per heavy atom. The SMILES string of the molecule is O=c1oc(-c2ccc(S)cc2)cn1-c1ccccc1. The third-order valence-corrected chi connectivity index (χ3v) is 3.12. The molecular formula is C15H11NO2S. The number of oxazole rings is 1. The summed E-state index contributed by atoms with van der Waals surface area (Å²) in [6.45, 7) is 0. The number of aromatic nitrogens is 1. The number of nitrogens with zero attached hydrogens (tertiary/aromatic N) is 1. The van der Waals surface area contributed by atoms with Gasteiger partial charge < -0.3 is 4.42 Å². The Bertz CT molecular complexity index is 742. The zero-order valence-electron chi connectivity index (χ0n) is 9.98. The van der Waals surface area contributed by atoms with Crippen LogP contribution in [0.25, 0.3) is 17.0 Å². The molecule has 0 fully saturated rings. The zero-order valence-corrected chi connectivity index (χ0v) is 10.9. The van der Waals surface area contributed by atoms with Crippen molar-refractivity contribution in [3.63, 3.8) is 0 Å². The third-order valence-electron chi connectivity index (χ3n) is 2.83. The lowest BCUT2D eigenvalue weighted by atomic mass is 10.2. The molecule has 1 heterocycles. The van der Waals surface area contributed by atoms with Gasteiger partial charge in [0, 0.05) is 10.5 Å². The van der Waals surface area contributed by atoms with Gasteiger partial charge in [-0.05, 0) is 24.3 Å². The summed E-state index contributed by atoms with van der Waals surface area (Å²) in [4.78, 5) is 12.7. The van der Waals surface area contributed by atoms with Crippen LogP contribution in [-0.4, -0.2) is 4.57 Å². The Balaban J connectivity index is 2.07. The highest BCUT2D eigenvalue weighted by Gasteiger charge is 2.09. The highest BCUT2D eigenvalue weighted by atomic mass is 32.1. The highest BCUT2D eigenvalue weighted by molar-refractivity contribution is 7.80. The number of rotatable bonds is 2. The molecule has 0 atom stereocenters. The van der Waals surface area contributed by atoms with Gasteiger partial charge in [-0.25, -0.2) is 9.36 Å². The van der Waals surface area contributed by atoms with Gasteiger partial charge in [-0.3, -0.25) is 0 Å². The number of hydrogen-bond donors (Lipinski definition) is 1. The fourth-order valence-electron chi connectivity index (χ4n) is 1.87. The van der Waals surface area contributed by atoms with Crippen molar-refractivity contribution in [1.82, 2.24) is 4.57 Å². The molecule has 0 spiro atoms. The molecule has 3 rings (SSSR count). The molecule has 3 nitrogen and oxygen atoms in total. The van der Waals surface area contributed by atoms with Gasteiger partial charge in [0.15, 0.2) is 5.76 Å². The van der Waals surface area contributed by atoms with E-state index in [4.69, 9.17) is 4.42 Å². The number of thiol groups is 1. The van der Waals surface area contributed by atoms with Crippen LogP contribution in [0.3, 0.4) is 0 Å². The molecule has 0 saturated carbocycles. The number of hydrogen-bond acceptors (Lipinski definition) is 3. The lowest BCUT2D eigenvalue weighted by Gasteiger charge is -1.98. The van der Waals surface area contributed by atoms with Crippen molar-refractivity contribution < 1.29 is 4.42 Å². The zero-order chi connectivity index (χ0) is 13.2. The molecule has 0 aliphatic heterocycles. The summed E-state index contributed by atoms with van der Waals surface area (Å²) in [5, 5.41) is 0. The topological polar surface area (TPSA) is 35.1 Å². The molecule has 4 heteroatoms. The minimum Gasteiger partial charge on any atom is -0.407 e. The third kappa shape index (κ3) is 2.35. The molecule has 0 unspecified atom stereocenters. The Morgan fingerprint density at radius 2 is 1.63 bits per heavy atom. The average molecular weight is 269 g/mol. The van der Waals surface area contributed by atoms with Gasteiger partial charge in [-0.2, -0.15) is 0 Å². The first-order valence-electron chi connectivity index (χ1n) is 5.81. The van der Waals surface area contributed by atoms with Crippen LogP contribution in [0, 0.1) is 0 Å². The average Bonchev–Trinajstić information content (AvgIpc) is 2.83. The molecule has 2 aromatic carbocycles. The van der Waals surface area contributed by atoms with Crippen LogP contribution in [-0.2, 0) is 0 Å². The first-order chi connectivity index (χ1) is 9.24. The van der Waals surface area contributed by atoms with E-state index in [9.17, 15) is 4.79 Å². The lowest BCUT2D eigenvalue weighted by Crippen LogP contribution is -2.10. The summed E-state index contributed by atoms with van der Waals surface area (Å²) < 4.78 is 6.77. The molecule has 3 aromatic rings. The van der Waals surface area contributed by atoms with Crippen LogP contribution in [0.2, 0.25) is 0 Å². The van der Waals surface area contributed by atoms with E-state index < -0.39 is 5.76 Å². The Kier molecular flexibility index (Phi) is 3.01. The van der Waals surface area contributed by atoms with Crippen LogP contribution < -0.4 is 5.76 Å². The Morgan fingerprint density at radius 1 is 0.947 bits per heavy atom. The van der Waals surface area contributed by atoms with Crippen molar-refractivity contribution in [2.45, 2.75) is 4.90 Å². The maximum atomic E-state index is 11.9. The van der Waals surface area contributed by atoms with Gasteiger partial charge in [-0.1, -0.05) is 30.3 Å². The summed E-state index contributed by atoms with van der Waals surface area (Å²) in [5.74, 6) is 0.151. The van der Waals surface area contributed by atoms with E-state index in [0.29, 0.717) is 5.76 Å². The van der Waals surface area contributed by atoms with Crippen LogP contribution in [0.4, 0.5) is 0 Å². The van der Waals surface area contributed by atoms with Gasteiger partial charge in [-0.15, -0.1) is 12.6 Å². The van der Waals surface area contributed by atoms with Crippen LogP contribution >= 0.6 is 12.6 Å². The summed E-state index contributed by atoms with van der Waals surface area (Å²) in [5.41, 5.74) is 1.64. The Hall–Kier alpha value is -2.20. The maximum Gasteiger partial charge on any atom is 0.424 e. The van der Waals surface area contributed by atoms with Crippen LogP contribution in [0.15, 0.2) is 74.9 Å². The van der Waals surface area contributed by atoms with E-state index >= 15 is 0 Å². The van der Waals surface area contributed by atoms with Gasteiger partial charge in [0.2, 0.25) is 0 Å². The molecule has 0 N–H and O–H groups in total. The highest BCUT2D eigenvalue weighted by Crippen LogP contribution is 2.20. The summed E-state index contributed by atoms with van der Waals surface area (Å²) in [6, 6.07) is 16.8. The summed E-state index contributed by atoms with van der Waals surface area (Å²) >= 11 is 4.23. The predicted molar refractivity (Wildman–Crippen MR) is 77.0 cm³/mol. The smallest absolute Gasteiger partial charge is 0.407 e. The largest absolute Gasteiger partial charge is 0.424 e. The molecule has 0 radical (unpaired) electrons. The molecule has 0 amide bonds. The van der Waals surface area contributed by atoms with E-state index in [1.165, 1.54) is 4.57 Å². The quantitative estimate of drug-likeness (QED) is 0.724. The van der Waals surface area contributed by atoms with Crippen molar-refractivity contribution in [2.75, 3.05) is 0 Å². The van der Waals surface area contributed by atoms with E-state index in [1.54, 1.807) is 6.20 Å². The molecule has 0 aliphatic carbocycles. The van der Waals surface area contributed by atoms with Gasteiger partial charge in [0.1, 0.15) is 0 Å². The molecule has 19 heavy (non-hydrogen) atoms. The van der Waals surface area contributed by atoms with Gasteiger partial charge >= 0.3 is 5.76 Å². The molecular weight excluding hydrogens is 258 g/mol. The second-order valence-corrected chi connectivity index (χ2v) is 4.63. The Labute approximate surface area is 115 Å². The predicted octanol–water partition coefficient (Wildman–Crippen LogP) is 3.39. The standard InChI is InChI=1S/C15H11NO2S/c17-15-16(12-4-2-1-3-5-12)10-14(18-15)11-6-8-13(19)9-7-11/h1-10,19H. The molecule has 0 saturated heterocycles. The lowest BCUT2D eigenvalue weighted by molar-refractivity contribution is 0.516. The van der Waals surface area contributed by atoms with E-state index in [0.717, 1.165) is 16.1 Å². The monoisotopic (exact) mass is 269 g/mol. The fraction of sp³-hybridized carbons (Fsp3) is 0. The van der Waals surface area contributed by atoms with Crippen LogP contribution in [0.1, 0.15) is 0 Å².